The third-order valence-corrected chi connectivity index (χ3v) is 3.39. The van der Waals surface area contributed by atoms with E-state index in [2.05, 4.69) is 0 Å². The summed E-state index contributed by atoms with van der Waals surface area (Å²) >= 11 is 0. The van der Waals surface area contributed by atoms with Crippen molar-refractivity contribution in [3.05, 3.63) is 57.9 Å². The number of ether oxygens (including phenoxy) is 1. The molecule has 0 saturated heterocycles. The number of fused-ring (bicyclic) bond motifs is 1. The molecule has 112 valence electrons. The lowest BCUT2D eigenvalue weighted by atomic mass is 10.1. The van der Waals surface area contributed by atoms with Crippen molar-refractivity contribution in [1.82, 2.24) is 0 Å². The highest BCUT2D eigenvalue weighted by molar-refractivity contribution is 6.02. The zero-order valence-electron chi connectivity index (χ0n) is 12.2. The summed E-state index contributed by atoms with van der Waals surface area (Å²) in [5.41, 5.74) is 0.675. The summed E-state index contributed by atoms with van der Waals surface area (Å²) in [4.78, 5) is 24.6. The third-order valence-electron chi connectivity index (χ3n) is 3.39. The van der Waals surface area contributed by atoms with E-state index in [0.29, 0.717) is 22.5 Å². The molecule has 1 aromatic carbocycles. The van der Waals surface area contributed by atoms with E-state index in [-0.39, 0.29) is 23.2 Å². The molecule has 0 amide bonds. The van der Waals surface area contributed by atoms with Gasteiger partial charge in [-0.2, -0.15) is 0 Å². The number of rotatable bonds is 3. The van der Waals surface area contributed by atoms with E-state index in [9.17, 15) is 9.59 Å². The Hall–Kier alpha value is -2.82. The van der Waals surface area contributed by atoms with Gasteiger partial charge in [0, 0.05) is 5.56 Å². The number of esters is 1. The number of carbonyl (C=O) groups is 1. The van der Waals surface area contributed by atoms with E-state index in [1.54, 1.807) is 44.2 Å². The van der Waals surface area contributed by atoms with Gasteiger partial charge in [0.15, 0.2) is 22.5 Å². The fourth-order valence-corrected chi connectivity index (χ4v) is 2.32. The minimum Gasteiger partial charge on any atom is -0.462 e. The molecular formula is C17H14O5. The third kappa shape index (κ3) is 2.20. The Bertz CT molecular complexity index is 887. The van der Waals surface area contributed by atoms with E-state index in [4.69, 9.17) is 13.6 Å². The summed E-state index contributed by atoms with van der Waals surface area (Å²) in [6.45, 7) is 3.63. The standard InChI is InChI=1S/C17H14O5/c1-3-20-17(19)12-7-4-6-11-14(18)10(2)15(22-16(11)12)13-8-5-9-21-13/h4-9H,3H2,1-2H3. The van der Waals surface area contributed by atoms with Crippen LogP contribution in [0.4, 0.5) is 0 Å². The van der Waals surface area contributed by atoms with Crippen LogP contribution in [0.1, 0.15) is 22.8 Å². The van der Waals surface area contributed by atoms with Crippen molar-refractivity contribution in [2.45, 2.75) is 13.8 Å². The lowest BCUT2D eigenvalue weighted by Gasteiger charge is -2.08. The summed E-state index contributed by atoms with van der Waals surface area (Å²) in [5.74, 6) is 0.236. The van der Waals surface area contributed by atoms with E-state index in [1.165, 1.54) is 6.26 Å². The van der Waals surface area contributed by atoms with Gasteiger partial charge in [0.1, 0.15) is 5.56 Å². The van der Waals surface area contributed by atoms with Crippen molar-refractivity contribution >= 4 is 16.9 Å². The Kier molecular flexibility index (Phi) is 3.55. The lowest BCUT2D eigenvalue weighted by molar-refractivity contribution is 0.0527. The molecule has 2 aromatic heterocycles. The van der Waals surface area contributed by atoms with Gasteiger partial charge in [0.05, 0.1) is 18.3 Å². The maximum atomic E-state index is 12.5. The number of benzene rings is 1. The van der Waals surface area contributed by atoms with Gasteiger partial charge < -0.3 is 13.6 Å². The Morgan fingerprint density at radius 1 is 1.23 bits per heavy atom. The number of hydrogen-bond acceptors (Lipinski definition) is 5. The fourth-order valence-electron chi connectivity index (χ4n) is 2.32. The highest BCUT2D eigenvalue weighted by atomic mass is 16.5. The first-order valence-electron chi connectivity index (χ1n) is 6.91. The maximum absolute atomic E-state index is 12.5. The van der Waals surface area contributed by atoms with Crippen LogP contribution in [0.5, 0.6) is 0 Å². The van der Waals surface area contributed by atoms with Crippen LogP contribution in [0.2, 0.25) is 0 Å². The molecular weight excluding hydrogens is 284 g/mol. The Labute approximate surface area is 126 Å². The van der Waals surface area contributed by atoms with Crippen LogP contribution >= 0.6 is 0 Å². The highest BCUT2D eigenvalue weighted by Gasteiger charge is 2.19. The van der Waals surface area contributed by atoms with Crippen molar-refractivity contribution in [3.8, 4) is 11.5 Å². The Balaban J connectivity index is 2.33. The molecule has 0 spiro atoms. The Morgan fingerprint density at radius 3 is 2.73 bits per heavy atom. The van der Waals surface area contributed by atoms with Gasteiger partial charge in [-0.1, -0.05) is 6.07 Å². The number of para-hydroxylation sites is 1. The van der Waals surface area contributed by atoms with Crippen molar-refractivity contribution in [2.24, 2.45) is 0 Å². The molecule has 0 aliphatic rings. The molecule has 0 saturated carbocycles. The van der Waals surface area contributed by atoms with Crippen LogP contribution in [0, 0.1) is 6.92 Å². The van der Waals surface area contributed by atoms with Crippen molar-refractivity contribution in [2.75, 3.05) is 6.61 Å². The molecule has 2 heterocycles. The van der Waals surface area contributed by atoms with E-state index < -0.39 is 5.97 Å². The molecule has 0 unspecified atom stereocenters. The minimum atomic E-state index is -0.523. The summed E-state index contributed by atoms with van der Waals surface area (Å²) < 4.78 is 16.1. The normalized spacial score (nSPS) is 10.8. The zero-order valence-corrected chi connectivity index (χ0v) is 12.2. The smallest absolute Gasteiger partial charge is 0.341 e. The minimum absolute atomic E-state index is 0.196. The summed E-state index contributed by atoms with van der Waals surface area (Å²) in [6, 6.07) is 8.24. The van der Waals surface area contributed by atoms with Gasteiger partial charge in [-0.25, -0.2) is 4.79 Å². The van der Waals surface area contributed by atoms with Crippen LogP contribution in [0.3, 0.4) is 0 Å². The second kappa shape index (κ2) is 5.52. The lowest BCUT2D eigenvalue weighted by Crippen LogP contribution is -2.11. The maximum Gasteiger partial charge on any atom is 0.341 e. The number of hydrogen-bond donors (Lipinski definition) is 0. The van der Waals surface area contributed by atoms with Crippen LogP contribution in [-0.4, -0.2) is 12.6 Å². The quantitative estimate of drug-likeness (QED) is 0.692. The van der Waals surface area contributed by atoms with E-state index in [1.807, 2.05) is 0 Å². The van der Waals surface area contributed by atoms with Crippen LogP contribution in [0.25, 0.3) is 22.5 Å². The molecule has 3 aromatic rings. The van der Waals surface area contributed by atoms with Gasteiger partial charge in [-0.05, 0) is 38.1 Å². The fraction of sp³-hybridized carbons (Fsp3) is 0.176. The molecule has 0 aliphatic heterocycles. The molecule has 0 bridgehead atoms. The van der Waals surface area contributed by atoms with Crippen LogP contribution in [-0.2, 0) is 4.74 Å². The number of furan rings is 1. The zero-order chi connectivity index (χ0) is 15.7. The molecule has 0 atom stereocenters. The average Bonchev–Trinajstić information content (AvgIpc) is 3.04. The van der Waals surface area contributed by atoms with E-state index >= 15 is 0 Å². The molecule has 5 nitrogen and oxygen atoms in total. The van der Waals surface area contributed by atoms with Gasteiger partial charge in [0.25, 0.3) is 0 Å². The van der Waals surface area contributed by atoms with Gasteiger partial charge in [0.2, 0.25) is 0 Å². The summed E-state index contributed by atoms with van der Waals surface area (Å²) in [6.07, 6.45) is 1.50. The van der Waals surface area contributed by atoms with E-state index in [0.717, 1.165) is 0 Å². The molecule has 22 heavy (non-hydrogen) atoms. The van der Waals surface area contributed by atoms with Gasteiger partial charge in [-0.15, -0.1) is 0 Å². The molecule has 0 N–H and O–H groups in total. The van der Waals surface area contributed by atoms with Crippen LogP contribution < -0.4 is 5.43 Å². The first-order chi connectivity index (χ1) is 10.6. The predicted molar refractivity (Wildman–Crippen MR) is 80.9 cm³/mol. The first kappa shape index (κ1) is 14.1. The average molecular weight is 298 g/mol. The molecule has 0 radical (unpaired) electrons. The van der Waals surface area contributed by atoms with Crippen molar-refractivity contribution < 1.29 is 18.4 Å². The van der Waals surface area contributed by atoms with Crippen LogP contribution in [0.15, 0.2) is 50.2 Å². The molecule has 0 aliphatic carbocycles. The second-order valence-corrected chi connectivity index (χ2v) is 4.77. The predicted octanol–water partition coefficient (Wildman–Crippen LogP) is 3.54. The second-order valence-electron chi connectivity index (χ2n) is 4.77. The largest absolute Gasteiger partial charge is 0.462 e. The SMILES string of the molecule is CCOC(=O)c1cccc2c(=O)c(C)c(-c3ccco3)oc12. The monoisotopic (exact) mass is 298 g/mol. The molecule has 5 heteroatoms. The highest BCUT2D eigenvalue weighted by Crippen LogP contribution is 2.27. The first-order valence-corrected chi connectivity index (χ1v) is 6.91. The molecule has 3 rings (SSSR count). The molecule has 0 fully saturated rings. The van der Waals surface area contributed by atoms with Gasteiger partial charge in [-0.3, -0.25) is 4.79 Å². The Morgan fingerprint density at radius 2 is 2.05 bits per heavy atom. The summed E-state index contributed by atoms with van der Waals surface area (Å²) in [7, 11) is 0. The summed E-state index contributed by atoms with van der Waals surface area (Å²) in [5, 5.41) is 0.346. The topological polar surface area (TPSA) is 69.7 Å². The van der Waals surface area contributed by atoms with Crippen molar-refractivity contribution in [3.63, 3.8) is 0 Å². The van der Waals surface area contributed by atoms with Crippen molar-refractivity contribution in [1.29, 1.82) is 0 Å². The van der Waals surface area contributed by atoms with Gasteiger partial charge >= 0.3 is 5.97 Å². The number of carbonyl (C=O) groups excluding carboxylic acids is 1.